The van der Waals surface area contributed by atoms with Crippen molar-refractivity contribution in [2.45, 2.75) is 102 Å². The van der Waals surface area contributed by atoms with Crippen molar-refractivity contribution in [2.75, 3.05) is 6.61 Å². The average molecular weight is 480 g/mol. The lowest BCUT2D eigenvalue weighted by Crippen LogP contribution is -2.65. The van der Waals surface area contributed by atoms with Crippen LogP contribution in [0.1, 0.15) is 66.7 Å². The Labute approximate surface area is 199 Å². The molecule has 2 aliphatic heterocycles. The Balaban J connectivity index is 1.84. The van der Waals surface area contributed by atoms with Crippen molar-refractivity contribution in [3.63, 3.8) is 0 Å². The van der Waals surface area contributed by atoms with Crippen molar-refractivity contribution >= 4 is 32.0 Å². The third-order valence-corrected chi connectivity index (χ3v) is 13.9. The van der Waals surface area contributed by atoms with Gasteiger partial charge in [0.1, 0.15) is 12.3 Å². The molecular weight excluding hydrogens is 438 g/mol. The molecule has 1 aliphatic carbocycles. The van der Waals surface area contributed by atoms with Gasteiger partial charge in [0.25, 0.3) is 0 Å². The van der Waals surface area contributed by atoms with E-state index in [9.17, 15) is 9.59 Å². The standard InChI is InChI=1S/C25H41NO4SSi/c1-9-15-29-24(28)21-22(31-18-13-11-10-12-14-18)16(2)20-19(23(27)26(20)21)17(3)30-32(7,8)25(4,5)6/h9,16-20H,1,10-15H2,2-8H3/t16-,17-,19-,20-/m1/s1. The number of ether oxygens (including phenoxy) is 1. The van der Waals surface area contributed by atoms with E-state index >= 15 is 0 Å². The second kappa shape index (κ2) is 9.67. The van der Waals surface area contributed by atoms with Crippen LogP contribution in [0.2, 0.25) is 18.1 Å². The smallest absolute Gasteiger partial charge is 0.356 e. The fourth-order valence-corrected chi connectivity index (χ4v) is 7.94. The van der Waals surface area contributed by atoms with E-state index in [0.717, 1.165) is 4.91 Å². The van der Waals surface area contributed by atoms with Crippen LogP contribution >= 0.6 is 11.8 Å². The van der Waals surface area contributed by atoms with E-state index in [4.69, 9.17) is 9.16 Å². The molecule has 1 saturated heterocycles. The maximum atomic E-state index is 13.4. The first-order chi connectivity index (χ1) is 14.9. The first kappa shape index (κ1) is 25.6. The SMILES string of the molecule is C=CCOC(=O)C1=C(SC2CCCCC2)[C@H](C)[C@@H]2[C@@H]([C@@H](C)O[Si](C)(C)C(C)(C)C)C(=O)N12. The highest BCUT2D eigenvalue weighted by Gasteiger charge is 2.61. The highest BCUT2D eigenvalue weighted by Crippen LogP contribution is 2.53. The van der Waals surface area contributed by atoms with Crippen molar-refractivity contribution in [1.29, 1.82) is 0 Å². The zero-order chi connectivity index (χ0) is 23.8. The third-order valence-electron chi connectivity index (χ3n) is 7.75. The Morgan fingerprint density at radius 1 is 1.28 bits per heavy atom. The molecule has 0 radical (unpaired) electrons. The minimum absolute atomic E-state index is 0.00198. The summed E-state index contributed by atoms with van der Waals surface area (Å²) in [4.78, 5) is 29.2. The molecule has 2 fully saturated rings. The van der Waals surface area contributed by atoms with Crippen molar-refractivity contribution in [1.82, 2.24) is 4.90 Å². The summed E-state index contributed by atoms with van der Waals surface area (Å²) in [6.45, 7) is 19.1. The highest BCUT2D eigenvalue weighted by molar-refractivity contribution is 8.03. The maximum absolute atomic E-state index is 13.4. The Bertz CT molecular complexity index is 781. The monoisotopic (exact) mass is 479 g/mol. The minimum Gasteiger partial charge on any atom is -0.457 e. The molecule has 180 valence electrons. The summed E-state index contributed by atoms with van der Waals surface area (Å²) in [7, 11) is -2.01. The molecule has 3 aliphatic rings. The van der Waals surface area contributed by atoms with Gasteiger partial charge in [-0.25, -0.2) is 4.79 Å². The second-order valence-corrected chi connectivity index (χ2v) is 17.2. The number of esters is 1. The van der Waals surface area contributed by atoms with Crippen LogP contribution in [-0.4, -0.2) is 49.1 Å². The maximum Gasteiger partial charge on any atom is 0.356 e. The molecule has 7 heteroatoms. The third kappa shape index (κ3) is 4.76. The molecule has 0 aromatic carbocycles. The van der Waals surface area contributed by atoms with Crippen LogP contribution in [0.5, 0.6) is 0 Å². The first-order valence-electron chi connectivity index (χ1n) is 12.1. The van der Waals surface area contributed by atoms with Crippen LogP contribution in [0.15, 0.2) is 23.3 Å². The van der Waals surface area contributed by atoms with Crippen molar-refractivity contribution in [2.24, 2.45) is 11.8 Å². The number of carbonyl (C=O) groups excluding carboxylic acids is 2. The van der Waals surface area contributed by atoms with E-state index in [2.05, 4.69) is 47.4 Å². The van der Waals surface area contributed by atoms with Crippen molar-refractivity contribution in [3.05, 3.63) is 23.3 Å². The lowest BCUT2D eigenvalue weighted by molar-refractivity contribution is -0.163. The van der Waals surface area contributed by atoms with E-state index in [1.807, 2.05) is 18.7 Å². The molecule has 0 N–H and O–H groups in total. The van der Waals surface area contributed by atoms with Crippen molar-refractivity contribution < 1.29 is 18.8 Å². The van der Waals surface area contributed by atoms with Gasteiger partial charge in [0.2, 0.25) is 5.91 Å². The van der Waals surface area contributed by atoms with Gasteiger partial charge >= 0.3 is 5.97 Å². The topological polar surface area (TPSA) is 55.8 Å². The Hall–Kier alpha value is -1.05. The summed E-state index contributed by atoms with van der Waals surface area (Å²) < 4.78 is 12.0. The van der Waals surface area contributed by atoms with E-state index in [0.29, 0.717) is 10.9 Å². The van der Waals surface area contributed by atoms with Gasteiger partial charge in [0.15, 0.2) is 8.32 Å². The number of nitrogens with zero attached hydrogens (tertiary/aromatic N) is 1. The molecule has 4 atom stereocenters. The van der Waals surface area contributed by atoms with Crippen LogP contribution in [-0.2, 0) is 18.8 Å². The molecule has 2 heterocycles. The summed E-state index contributed by atoms with van der Waals surface area (Å²) in [5.74, 6) is -0.507. The molecular formula is C25H41NO4SSi. The van der Waals surface area contributed by atoms with Crippen molar-refractivity contribution in [3.8, 4) is 0 Å². The van der Waals surface area contributed by atoms with E-state index in [1.165, 1.54) is 32.1 Å². The van der Waals surface area contributed by atoms with Crippen LogP contribution in [0.4, 0.5) is 0 Å². The summed E-state index contributed by atoms with van der Waals surface area (Å²) in [6.07, 6.45) is 7.50. The molecule has 0 aromatic rings. The number of hydrogen-bond donors (Lipinski definition) is 0. The van der Waals surface area contributed by atoms with Gasteiger partial charge in [-0.15, -0.1) is 11.8 Å². The van der Waals surface area contributed by atoms with Gasteiger partial charge in [0, 0.05) is 16.1 Å². The zero-order valence-corrected chi connectivity index (χ0v) is 22.7. The molecule has 5 nitrogen and oxygen atoms in total. The number of amides is 1. The summed E-state index contributed by atoms with van der Waals surface area (Å²) in [6, 6.07) is -0.0281. The predicted molar refractivity (Wildman–Crippen MR) is 134 cm³/mol. The molecule has 3 rings (SSSR count). The van der Waals surface area contributed by atoms with Gasteiger partial charge in [0.05, 0.1) is 18.1 Å². The van der Waals surface area contributed by atoms with Crippen LogP contribution in [0, 0.1) is 11.8 Å². The first-order valence-corrected chi connectivity index (χ1v) is 15.9. The molecule has 0 unspecified atom stereocenters. The molecule has 32 heavy (non-hydrogen) atoms. The lowest BCUT2D eigenvalue weighted by atomic mass is 9.79. The quantitative estimate of drug-likeness (QED) is 0.188. The fourth-order valence-electron chi connectivity index (χ4n) is 4.94. The summed E-state index contributed by atoms with van der Waals surface area (Å²) >= 11 is 1.81. The normalized spacial score (nSPS) is 27.8. The van der Waals surface area contributed by atoms with Crippen LogP contribution < -0.4 is 0 Å². The highest BCUT2D eigenvalue weighted by atomic mass is 32.2. The summed E-state index contributed by atoms with van der Waals surface area (Å²) in [5.41, 5.74) is 0.473. The number of hydrogen-bond acceptors (Lipinski definition) is 5. The zero-order valence-electron chi connectivity index (χ0n) is 20.9. The molecule has 0 bridgehead atoms. The minimum atomic E-state index is -2.01. The molecule has 0 spiro atoms. The Morgan fingerprint density at radius 2 is 1.91 bits per heavy atom. The molecule has 0 aromatic heterocycles. The lowest BCUT2D eigenvalue weighted by Gasteiger charge is -2.50. The summed E-state index contributed by atoms with van der Waals surface area (Å²) in [5, 5.41) is 0.589. The van der Waals surface area contributed by atoms with Gasteiger partial charge in [-0.3, -0.25) is 4.79 Å². The van der Waals surface area contributed by atoms with E-state index in [1.54, 1.807) is 11.0 Å². The second-order valence-electron chi connectivity index (χ2n) is 11.1. The fraction of sp³-hybridized carbons (Fsp3) is 0.760. The van der Waals surface area contributed by atoms with Crippen LogP contribution in [0.25, 0.3) is 0 Å². The van der Waals surface area contributed by atoms with Gasteiger partial charge in [-0.05, 0) is 37.9 Å². The number of thioether (sulfide) groups is 1. The van der Waals surface area contributed by atoms with Gasteiger partial charge < -0.3 is 14.1 Å². The average Bonchev–Trinajstić information content (AvgIpc) is 2.94. The Kier molecular flexibility index (Phi) is 7.72. The number of fused-ring (bicyclic) bond motifs is 1. The number of carbonyl (C=O) groups is 2. The molecule has 1 saturated carbocycles. The largest absolute Gasteiger partial charge is 0.457 e. The van der Waals surface area contributed by atoms with Gasteiger partial charge in [-0.1, -0.05) is 59.6 Å². The van der Waals surface area contributed by atoms with E-state index < -0.39 is 14.3 Å². The van der Waals surface area contributed by atoms with E-state index in [-0.39, 0.29) is 41.5 Å². The number of β-lactam (4-membered cyclic amide) rings is 1. The Morgan fingerprint density at radius 3 is 2.47 bits per heavy atom. The van der Waals surface area contributed by atoms with Gasteiger partial charge in [-0.2, -0.15) is 0 Å². The van der Waals surface area contributed by atoms with Crippen LogP contribution in [0.3, 0.4) is 0 Å². The predicted octanol–water partition coefficient (Wildman–Crippen LogP) is 5.88. The molecule has 1 amide bonds. The number of rotatable bonds is 8.